The molecule has 0 saturated carbocycles. The average molecular weight is 319 g/mol. The lowest BCUT2D eigenvalue weighted by Gasteiger charge is -2.27. The van der Waals surface area contributed by atoms with Gasteiger partial charge in [0.05, 0.1) is 0 Å². The predicted octanol–water partition coefficient (Wildman–Crippen LogP) is 7.20. The summed E-state index contributed by atoms with van der Waals surface area (Å²) >= 11 is 0. The molecule has 0 aliphatic heterocycles. The zero-order chi connectivity index (χ0) is 17.9. The Morgan fingerprint density at radius 3 is 1.12 bits per heavy atom. The third kappa shape index (κ3) is 2.62. The molecule has 0 atom stereocenters. The molecule has 3 aromatic rings. The summed E-state index contributed by atoms with van der Waals surface area (Å²) in [6, 6.07) is 13.9. The molecule has 0 heterocycles. The summed E-state index contributed by atoms with van der Waals surface area (Å²) in [5.74, 6) is 0. The van der Waals surface area contributed by atoms with Crippen LogP contribution < -0.4 is 0 Å². The van der Waals surface area contributed by atoms with Crippen LogP contribution in [0, 0.1) is 13.8 Å². The van der Waals surface area contributed by atoms with Crippen molar-refractivity contribution in [2.24, 2.45) is 0 Å². The molecule has 0 saturated heterocycles. The van der Waals surface area contributed by atoms with Crippen LogP contribution >= 0.6 is 0 Å². The molecule has 0 bridgehead atoms. The fourth-order valence-corrected chi connectivity index (χ4v) is 3.83. The smallest absolute Gasteiger partial charge is 0.00622 e. The zero-order valence-corrected chi connectivity index (χ0v) is 16.5. The van der Waals surface area contributed by atoms with E-state index in [1.54, 1.807) is 0 Å². The minimum absolute atomic E-state index is 0.124. The van der Waals surface area contributed by atoms with Crippen LogP contribution in [0.2, 0.25) is 0 Å². The summed E-state index contributed by atoms with van der Waals surface area (Å²) in [5.41, 5.74) is 5.87. The van der Waals surface area contributed by atoms with E-state index < -0.39 is 0 Å². The van der Waals surface area contributed by atoms with Gasteiger partial charge >= 0.3 is 0 Å². The van der Waals surface area contributed by atoms with Gasteiger partial charge < -0.3 is 0 Å². The standard InChI is InChI=1S/C24H30/c1-15-9-13-19(23(3,4)5)21-17(15)11-12-18-16(2)10-14-20(22(18)21)24(6,7)8/h9-14H,1-8H3. The van der Waals surface area contributed by atoms with E-state index in [4.69, 9.17) is 0 Å². The molecule has 0 spiro atoms. The van der Waals surface area contributed by atoms with E-state index in [0.29, 0.717) is 0 Å². The third-order valence-corrected chi connectivity index (χ3v) is 5.21. The van der Waals surface area contributed by atoms with Crippen LogP contribution in [0.4, 0.5) is 0 Å². The highest BCUT2D eigenvalue weighted by atomic mass is 14.3. The first-order valence-electron chi connectivity index (χ1n) is 8.98. The highest BCUT2D eigenvalue weighted by Gasteiger charge is 2.24. The van der Waals surface area contributed by atoms with E-state index in [1.807, 2.05) is 0 Å². The molecule has 0 nitrogen and oxygen atoms in total. The van der Waals surface area contributed by atoms with Crippen molar-refractivity contribution >= 4 is 21.5 Å². The van der Waals surface area contributed by atoms with Gasteiger partial charge in [0.25, 0.3) is 0 Å². The monoisotopic (exact) mass is 318 g/mol. The molecule has 0 aliphatic carbocycles. The summed E-state index contributed by atoms with van der Waals surface area (Å²) in [4.78, 5) is 0. The Hall–Kier alpha value is -1.82. The van der Waals surface area contributed by atoms with Crippen LogP contribution in [0.25, 0.3) is 21.5 Å². The Morgan fingerprint density at radius 1 is 0.500 bits per heavy atom. The molecule has 0 aromatic heterocycles. The average Bonchev–Trinajstić information content (AvgIpc) is 2.45. The molecule has 126 valence electrons. The number of hydrogen-bond acceptors (Lipinski definition) is 0. The van der Waals surface area contributed by atoms with Gasteiger partial charge in [-0.15, -0.1) is 0 Å². The first-order chi connectivity index (χ1) is 11.0. The molecule has 0 fully saturated rings. The van der Waals surface area contributed by atoms with E-state index in [2.05, 4.69) is 91.8 Å². The number of fused-ring (bicyclic) bond motifs is 3. The van der Waals surface area contributed by atoms with Gasteiger partial charge in [0.1, 0.15) is 0 Å². The predicted molar refractivity (Wildman–Crippen MR) is 108 cm³/mol. The lowest BCUT2D eigenvalue weighted by atomic mass is 9.77. The molecule has 24 heavy (non-hydrogen) atoms. The Balaban J connectivity index is 2.68. The molecule has 0 amide bonds. The van der Waals surface area contributed by atoms with Crippen molar-refractivity contribution in [2.45, 2.75) is 66.2 Å². The van der Waals surface area contributed by atoms with Gasteiger partial charge in [-0.05, 0) is 68.5 Å². The van der Waals surface area contributed by atoms with Crippen molar-refractivity contribution in [3.05, 3.63) is 58.7 Å². The van der Waals surface area contributed by atoms with Gasteiger partial charge in [0, 0.05) is 0 Å². The van der Waals surface area contributed by atoms with Gasteiger partial charge in [-0.1, -0.05) is 77.9 Å². The van der Waals surface area contributed by atoms with Crippen molar-refractivity contribution in [2.75, 3.05) is 0 Å². The van der Waals surface area contributed by atoms with Crippen molar-refractivity contribution in [1.29, 1.82) is 0 Å². The van der Waals surface area contributed by atoms with Crippen LogP contribution in [0.1, 0.15) is 63.8 Å². The molecule has 0 aliphatic rings. The van der Waals surface area contributed by atoms with Crippen LogP contribution in [0.3, 0.4) is 0 Å². The van der Waals surface area contributed by atoms with Crippen molar-refractivity contribution in [3.63, 3.8) is 0 Å². The highest BCUT2D eigenvalue weighted by Crippen LogP contribution is 2.41. The lowest BCUT2D eigenvalue weighted by molar-refractivity contribution is 0.592. The number of hydrogen-bond donors (Lipinski definition) is 0. The van der Waals surface area contributed by atoms with E-state index >= 15 is 0 Å². The summed E-state index contributed by atoms with van der Waals surface area (Å²) in [6.45, 7) is 18.4. The zero-order valence-electron chi connectivity index (χ0n) is 16.5. The molecule has 0 unspecified atom stereocenters. The number of aryl methyl sites for hydroxylation is 2. The van der Waals surface area contributed by atoms with Gasteiger partial charge in [0.2, 0.25) is 0 Å². The molecule has 0 radical (unpaired) electrons. The maximum absolute atomic E-state index is 2.34. The summed E-state index contributed by atoms with van der Waals surface area (Å²) < 4.78 is 0. The maximum Gasteiger partial charge on any atom is -0.00622 e. The van der Waals surface area contributed by atoms with E-state index in [0.717, 1.165) is 0 Å². The third-order valence-electron chi connectivity index (χ3n) is 5.21. The SMILES string of the molecule is Cc1ccc(C(C)(C)C)c2c1ccc1c(C)ccc(C(C)(C)C)c12. The summed E-state index contributed by atoms with van der Waals surface area (Å²) in [7, 11) is 0. The van der Waals surface area contributed by atoms with Gasteiger partial charge in [0.15, 0.2) is 0 Å². The quantitative estimate of drug-likeness (QED) is 0.384. The van der Waals surface area contributed by atoms with Gasteiger partial charge in [-0.3, -0.25) is 0 Å². The molecule has 0 heteroatoms. The van der Waals surface area contributed by atoms with Crippen LogP contribution in [-0.4, -0.2) is 0 Å². The Morgan fingerprint density at radius 2 is 0.833 bits per heavy atom. The number of benzene rings is 3. The van der Waals surface area contributed by atoms with Crippen LogP contribution in [0.15, 0.2) is 36.4 Å². The second-order valence-electron chi connectivity index (χ2n) is 9.27. The van der Waals surface area contributed by atoms with E-state index in [9.17, 15) is 0 Å². The molecule has 3 rings (SSSR count). The first kappa shape index (κ1) is 17.0. The molecule has 0 N–H and O–H groups in total. The highest BCUT2D eigenvalue weighted by molar-refractivity contribution is 6.13. The van der Waals surface area contributed by atoms with Gasteiger partial charge in [-0.2, -0.15) is 0 Å². The maximum atomic E-state index is 2.34. The van der Waals surface area contributed by atoms with Crippen LogP contribution in [0.5, 0.6) is 0 Å². The summed E-state index contributed by atoms with van der Waals surface area (Å²) in [6.07, 6.45) is 0. The Kier molecular flexibility index (Phi) is 3.79. The minimum Gasteiger partial charge on any atom is -0.0584 e. The second-order valence-corrected chi connectivity index (χ2v) is 9.27. The minimum atomic E-state index is 0.124. The second kappa shape index (κ2) is 5.34. The topological polar surface area (TPSA) is 0 Å². The fraction of sp³-hybridized carbons (Fsp3) is 0.417. The number of rotatable bonds is 0. The molecule has 3 aromatic carbocycles. The summed E-state index contributed by atoms with van der Waals surface area (Å²) in [5, 5.41) is 5.69. The van der Waals surface area contributed by atoms with Gasteiger partial charge in [-0.25, -0.2) is 0 Å². The Bertz CT molecular complexity index is 850. The van der Waals surface area contributed by atoms with E-state index in [-0.39, 0.29) is 10.8 Å². The van der Waals surface area contributed by atoms with E-state index in [1.165, 1.54) is 43.8 Å². The van der Waals surface area contributed by atoms with Crippen molar-refractivity contribution in [3.8, 4) is 0 Å². The van der Waals surface area contributed by atoms with Crippen molar-refractivity contribution in [1.82, 2.24) is 0 Å². The van der Waals surface area contributed by atoms with Crippen molar-refractivity contribution < 1.29 is 0 Å². The molecular formula is C24H30. The van der Waals surface area contributed by atoms with Crippen LogP contribution in [-0.2, 0) is 10.8 Å². The molecular weight excluding hydrogens is 288 g/mol. The Labute approximate surface area is 146 Å². The fourth-order valence-electron chi connectivity index (χ4n) is 3.83. The largest absolute Gasteiger partial charge is 0.0584 e. The normalized spacial score (nSPS) is 13.0. The lowest BCUT2D eigenvalue weighted by Crippen LogP contribution is -2.15. The first-order valence-corrected chi connectivity index (χ1v) is 8.98.